The highest BCUT2D eigenvalue weighted by molar-refractivity contribution is 7.66. The highest BCUT2D eigenvalue weighted by Gasteiger charge is 2.46. The molecule has 27 heteroatoms. The molecule has 6 atom stereocenters. The molecular weight excluding hydrogens is 799 g/mol. The van der Waals surface area contributed by atoms with E-state index in [9.17, 15) is 43.2 Å². The lowest BCUT2D eigenvalue weighted by Crippen LogP contribution is -2.37. The van der Waals surface area contributed by atoms with Crippen molar-refractivity contribution in [1.29, 1.82) is 5.41 Å². The first-order valence-electron chi connectivity index (χ1n) is 14.9. The number of guanidine groups is 1. The minimum absolute atomic E-state index is 0.00609. The zero-order valence-electron chi connectivity index (χ0n) is 27.6. The van der Waals surface area contributed by atoms with E-state index in [0.717, 1.165) is 23.0 Å². The van der Waals surface area contributed by atoms with E-state index in [0.29, 0.717) is 27.1 Å². The van der Waals surface area contributed by atoms with E-state index in [4.69, 9.17) is 46.8 Å². The van der Waals surface area contributed by atoms with Gasteiger partial charge in [-0.05, 0) is 53.2 Å². The third kappa shape index (κ3) is 12.3. The number of H-pyrrole nitrogens is 1. The average Bonchev–Trinajstić information content (AvgIpc) is 3.34. The Bertz CT molecular complexity index is 2360. The summed E-state index contributed by atoms with van der Waals surface area (Å²) in [6, 6.07) is 18.0. The lowest BCUT2D eigenvalue weighted by Gasteiger charge is -2.19. The third-order valence-corrected chi connectivity index (χ3v) is 10.8. The smallest absolute Gasteiger partial charge is 0.423 e. The van der Waals surface area contributed by atoms with Gasteiger partial charge in [-0.3, -0.25) is 24.3 Å². The zero-order valence-corrected chi connectivity index (χ0v) is 30.3. The number of aromatic nitrogens is 2. The number of phosphoric ester groups is 1. The molecule has 3 aromatic carbocycles. The number of nitrogens with two attached hydrogens (primary N) is 3. The second-order valence-electron chi connectivity index (χ2n) is 11.1. The van der Waals surface area contributed by atoms with E-state index in [-0.39, 0.29) is 11.8 Å². The van der Waals surface area contributed by atoms with Gasteiger partial charge in [-0.1, -0.05) is 18.2 Å². The number of nitrogens with zero attached hydrogens (tertiary/aromatic N) is 2. The second kappa shape index (κ2) is 17.3. The fraction of sp³-hybridized carbons (Fsp3) is 0.179. The molecule has 1 aromatic heterocycles. The number of carbonyl (C=O) groups is 1. The van der Waals surface area contributed by atoms with Gasteiger partial charge < -0.3 is 56.5 Å². The molecule has 0 bridgehead atoms. The van der Waals surface area contributed by atoms with Crippen molar-refractivity contribution in [2.75, 3.05) is 6.61 Å². The van der Waals surface area contributed by atoms with E-state index in [1.54, 1.807) is 42.5 Å². The van der Waals surface area contributed by atoms with Crippen molar-refractivity contribution in [2.45, 2.75) is 24.5 Å². The number of nitrogen functional groups attached to an aromatic ring is 1. The highest BCUT2D eigenvalue weighted by Crippen LogP contribution is 2.66. The summed E-state index contributed by atoms with van der Waals surface area (Å²) in [6.07, 6.45) is -5.70. The van der Waals surface area contributed by atoms with Gasteiger partial charge in [0.05, 0.1) is 17.9 Å². The number of rotatable bonds is 12. The zero-order chi connectivity index (χ0) is 40.9. The summed E-state index contributed by atoms with van der Waals surface area (Å²) in [5, 5.41) is 29.2. The van der Waals surface area contributed by atoms with Crippen molar-refractivity contribution in [3.8, 4) is 5.75 Å². The molecule has 1 fully saturated rings. The summed E-state index contributed by atoms with van der Waals surface area (Å²) in [4.78, 5) is 76.1. The molecule has 5 rings (SSSR count). The number of nitrogens with one attached hydrogen (secondary N) is 2. The number of esters is 1. The number of fused-ring (bicyclic) bond motifs is 1. The van der Waals surface area contributed by atoms with Crippen molar-refractivity contribution in [1.82, 2.24) is 9.55 Å². The monoisotopic (exact) mass is 831 g/mol. The first kappa shape index (κ1) is 42.8. The van der Waals surface area contributed by atoms with Gasteiger partial charge in [0.15, 0.2) is 12.2 Å². The number of ether oxygens (including phenoxy) is 2. The minimum Gasteiger partial charge on any atom is -0.423 e. The number of hydrogen-bond donors (Lipinski definition) is 11. The number of aliphatic hydroxyl groups is 2. The van der Waals surface area contributed by atoms with E-state index in [2.05, 4.69) is 18.1 Å². The fourth-order valence-corrected chi connectivity index (χ4v) is 7.67. The number of benzene rings is 3. The molecule has 4 aromatic rings. The number of aliphatic imine (C=N–C) groups is 1. The van der Waals surface area contributed by atoms with Crippen molar-refractivity contribution in [3.63, 3.8) is 0 Å². The Kier molecular flexibility index (Phi) is 13.5. The number of aliphatic hydroxyl groups excluding tert-OH is 2. The van der Waals surface area contributed by atoms with Crippen LogP contribution in [0.4, 0.5) is 5.69 Å². The quantitative estimate of drug-likeness (QED) is 0.0288. The molecule has 2 heterocycles. The molecule has 2 unspecified atom stereocenters. The summed E-state index contributed by atoms with van der Waals surface area (Å²) >= 11 is 0. The summed E-state index contributed by atoms with van der Waals surface area (Å²) in [7, 11) is -16.8. The molecule has 1 aliphatic rings. The van der Waals surface area contributed by atoms with E-state index in [1.165, 1.54) is 0 Å². The number of amidine groups is 1. The Morgan fingerprint density at radius 3 is 2.07 bits per heavy atom. The predicted molar refractivity (Wildman–Crippen MR) is 189 cm³/mol. The summed E-state index contributed by atoms with van der Waals surface area (Å²) in [5.74, 6) is -0.108. The van der Waals surface area contributed by atoms with Gasteiger partial charge in [0.25, 0.3) is 5.56 Å². The molecule has 0 spiro atoms. The van der Waals surface area contributed by atoms with Gasteiger partial charge in [0.2, 0.25) is 0 Å². The lowest BCUT2D eigenvalue weighted by molar-refractivity contribution is -0.0542. The van der Waals surface area contributed by atoms with E-state index in [1.807, 2.05) is 23.2 Å². The number of aromatic amines is 1. The highest BCUT2D eigenvalue weighted by atomic mass is 31.3. The normalized spacial score (nSPS) is 20.3. The van der Waals surface area contributed by atoms with E-state index >= 15 is 0 Å². The standard InChI is InChI=1S/C19H17N5O2.C9H15N2O15P3/c20-17(21)14-2-1-13-10-16(8-5-12(13)9-14)26-18(25)11-3-6-15(7-4-11)24-19(22)23;12-5-1-2-11(9(15)10-5)8-7(14)6(13)4(24-8)3-23-28(19,20)26-29(21,22)25-27(16,17)18/h1-10H,(H3,20,21)(H4,22,23,24);1-2,4,6-8,13-14H,3H2,(H,19,20)(H,21,22)(H,10,12,15)(H2,16,17,18)/t;4-,6-,7-,8-/m.1/s1. The van der Waals surface area contributed by atoms with Crippen LogP contribution in [0.5, 0.6) is 5.75 Å². The van der Waals surface area contributed by atoms with Crippen LogP contribution >= 0.6 is 23.5 Å². The van der Waals surface area contributed by atoms with Crippen LogP contribution in [0.2, 0.25) is 0 Å². The maximum absolute atomic E-state index is 12.3. The Morgan fingerprint density at radius 1 is 0.855 bits per heavy atom. The Balaban J connectivity index is 0.000000246. The van der Waals surface area contributed by atoms with Crippen molar-refractivity contribution < 1.29 is 70.9 Å². The number of hydrogen-bond acceptors (Lipinski definition) is 15. The van der Waals surface area contributed by atoms with Gasteiger partial charge in [0, 0.05) is 17.8 Å². The van der Waals surface area contributed by atoms with Crippen LogP contribution in [0.1, 0.15) is 22.1 Å². The van der Waals surface area contributed by atoms with Crippen LogP contribution in [-0.4, -0.2) is 82.0 Å². The third-order valence-electron chi connectivity index (χ3n) is 6.97. The first-order chi connectivity index (χ1) is 25.5. The van der Waals surface area contributed by atoms with Crippen molar-refractivity contribution in [2.24, 2.45) is 22.2 Å². The van der Waals surface area contributed by atoms with Gasteiger partial charge in [0.1, 0.15) is 29.9 Å². The maximum atomic E-state index is 12.3. The SMILES string of the molecule is N=C(N)c1ccc2cc(OC(=O)c3ccc(N=C(N)N)cc3)ccc2c1.O=c1ccn([C@@H]2O[C@H](COP(=O)(O)OP(=O)(O)OP(=O)(O)O)[C@@H](O)[C@H]2O)c(=O)[nH]1. The molecule has 0 saturated carbocycles. The van der Waals surface area contributed by atoms with Crippen LogP contribution in [0.15, 0.2) is 87.5 Å². The van der Waals surface area contributed by atoms with E-state index < -0.39 is 71.8 Å². The Hall–Kier alpha value is -4.90. The van der Waals surface area contributed by atoms with Crippen LogP contribution < -0.4 is 33.2 Å². The molecule has 0 amide bonds. The largest absolute Gasteiger partial charge is 0.490 e. The number of carbonyl (C=O) groups excluding carboxylic acids is 1. The van der Waals surface area contributed by atoms with Crippen LogP contribution in [0.3, 0.4) is 0 Å². The minimum atomic E-state index is -5.73. The topological polar surface area (TPSA) is 405 Å². The summed E-state index contributed by atoms with van der Waals surface area (Å²) in [6.45, 7) is -1.05. The molecule has 55 heavy (non-hydrogen) atoms. The summed E-state index contributed by atoms with van der Waals surface area (Å²) < 4.78 is 56.0. The first-order valence-corrected chi connectivity index (χ1v) is 19.5. The van der Waals surface area contributed by atoms with Gasteiger partial charge in [-0.25, -0.2) is 28.3 Å². The van der Waals surface area contributed by atoms with Crippen LogP contribution in [0.25, 0.3) is 10.8 Å². The number of phosphoric acid groups is 3. The molecule has 0 radical (unpaired) electrons. The summed E-state index contributed by atoms with van der Waals surface area (Å²) in [5.41, 5.74) is 15.9. The van der Waals surface area contributed by atoms with Crippen LogP contribution in [-0.2, 0) is 31.6 Å². The fourth-order valence-electron chi connectivity index (χ4n) is 4.64. The van der Waals surface area contributed by atoms with Gasteiger partial charge in [-0.15, -0.1) is 0 Å². The Labute approximate surface area is 307 Å². The molecule has 0 aliphatic carbocycles. The van der Waals surface area contributed by atoms with Gasteiger partial charge >= 0.3 is 35.1 Å². The molecule has 1 aliphatic heterocycles. The second-order valence-corrected chi connectivity index (χ2v) is 15.5. The average molecular weight is 832 g/mol. The predicted octanol–water partition coefficient (Wildman–Crippen LogP) is -0.253. The molecule has 296 valence electrons. The van der Waals surface area contributed by atoms with Crippen molar-refractivity contribution >= 4 is 57.7 Å². The van der Waals surface area contributed by atoms with Gasteiger partial charge in [-0.2, -0.15) is 8.62 Å². The van der Waals surface area contributed by atoms with Crippen LogP contribution in [0, 0.1) is 5.41 Å². The molecular formula is C28H32N7O17P3. The molecule has 14 N–H and O–H groups in total. The lowest BCUT2D eigenvalue weighted by atomic mass is 10.1. The Morgan fingerprint density at radius 2 is 1.47 bits per heavy atom. The van der Waals surface area contributed by atoms with Crippen molar-refractivity contribution in [3.05, 3.63) is 105 Å². The molecule has 1 saturated heterocycles. The maximum Gasteiger partial charge on any atom is 0.490 e. The molecule has 24 nitrogen and oxygen atoms in total.